The fraction of sp³-hybridized carbons (Fsp3) is 0.417. The van der Waals surface area contributed by atoms with Crippen LogP contribution in [0, 0.1) is 0 Å². The first-order valence-electron chi connectivity index (χ1n) is 5.44. The second kappa shape index (κ2) is 5.32. The standard InChI is InChI=1S/C12H15ClN2O/c13-12-3-1-2-11(8-12)9-14-4-6-15(10-16)7-5-14/h1-3,8,10H,4-7,9H2. The number of halogens is 1. The molecule has 0 atom stereocenters. The summed E-state index contributed by atoms with van der Waals surface area (Å²) in [5.41, 5.74) is 1.23. The van der Waals surface area contributed by atoms with E-state index in [1.807, 2.05) is 23.1 Å². The molecule has 86 valence electrons. The minimum atomic E-state index is 0.782. The Hall–Kier alpha value is -1.06. The van der Waals surface area contributed by atoms with Gasteiger partial charge in [0.25, 0.3) is 0 Å². The Balaban J connectivity index is 1.89. The van der Waals surface area contributed by atoms with Gasteiger partial charge >= 0.3 is 0 Å². The van der Waals surface area contributed by atoms with Gasteiger partial charge < -0.3 is 4.90 Å². The number of hydrogen-bond donors (Lipinski definition) is 0. The topological polar surface area (TPSA) is 23.6 Å². The van der Waals surface area contributed by atoms with Gasteiger partial charge in [-0.1, -0.05) is 23.7 Å². The molecule has 4 heteroatoms. The molecule has 0 bridgehead atoms. The van der Waals surface area contributed by atoms with Crippen molar-refractivity contribution >= 4 is 18.0 Å². The molecule has 1 aromatic rings. The van der Waals surface area contributed by atoms with Crippen molar-refractivity contribution in [2.75, 3.05) is 26.2 Å². The van der Waals surface area contributed by atoms with Gasteiger partial charge in [-0.25, -0.2) is 0 Å². The summed E-state index contributed by atoms with van der Waals surface area (Å²) in [7, 11) is 0. The van der Waals surface area contributed by atoms with Gasteiger partial charge in [0.15, 0.2) is 0 Å². The minimum absolute atomic E-state index is 0.782. The highest BCUT2D eigenvalue weighted by Gasteiger charge is 2.15. The molecule has 1 amide bonds. The second-order valence-electron chi connectivity index (χ2n) is 4.05. The molecular formula is C12H15ClN2O. The van der Waals surface area contributed by atoms with E-state index in [0.29, 0.717) is 0 Å². The molecule has 3 nitrogen and oxygen atoms in total. The van der Waals surface area contributed by atoms with Gasteiger partial charge in [0.2, 0.25) is 6.41 Å². The van der Waals surface area contributed by atoms with Crippen LogP contribution in [0.2, 0.25) is 5.02 Å². The molecule has 1 aliphatic rings. The van der Waals surface area contributed by atoms with Crippen LogP contribution >= 0.6 is 11.6 Å². The Kier molecular flexibility index (Phi) is 3.80. The first-order valence-corrected chi connectivity index (χ1v) is 5.82. The largest absolute Gasteiger partial charge is 0.343 e. The molecule has 0 unspecified atom stereocenters. The number of carbonyl (C=O) groups excluding carboxylic acids is 1. The van der Waals surface area contributed by atoms with Crippen molar-refractivity contribution < 1.29 is 4.79 Å². The van der Waals surface area contributed by atoms with Crippen LogP contribution in [0.3, 0.4) is 0 Å². The van der Waals surface area contributed by atoms with Crippen LogP contribution in [0.15, 0.2) is 24.3 Å². The highest BCUT2D eigenvalue weighted by atomic mass is 35.5. The Labute approximate surface area is 101 Å². The molecule has 1 heterocycles. The molecule has 0 aromatic heterocycles. The molecule has 0 aliphatic carbocycles. The van der Waals surface area contributed by atoms with Crippen LogP contribution in [0.4, 0.5) is 0 Å². The van der Waals surface area contributed by atoms with E-state index in [1.54, 1.807) is 0 Å². The highest BCUT2D eigenvalue weighted by molar-refractivity contribution is 6.30. The van der Waals surface area contributed by atoms with Crippen molar-refractivity contribution in [3.8, 4) is 0 Å². The predicted molar refractivity (Wildman–Crippen MR) is 64.4 cm³/mol. The lowest BCUT2D eigenvalue weighted by Crippen LogP contribution is -2.45. The van der Waals surface area contributed by atoms with E-state index in [0.717, 1.165) is 44.2 Å². The van der Waals surface area contributed by atoms with Crippen molar-refractivity contribution in [2.24, 2.45) is 0 Å². The average molecular weight is 239 g/mol. The summed E-state index contributed by atoms with van der Waals surface area (Å²) < 4.78 is 0. The maximum Gasteiger partial charge on any atom is 0.209 e. The first kappa shape index (κ1) is 11.4. The van der Waals surface area contributed by atoms with Crippen molar-refractivity contribution in [2.45, 2.75) is 6.54 Å². The van der Waals surface area contributed by atoms with Crippen LogP contribution in [0.1, 0.15) is 5.56 Å². The van der Waals surface area contributed by atoms with Gasteiger partial charge in [-0.05, 0) is 17.7 Å². The third-order valence-corrected chi connectivity index (χ3v) is 3.09. The van der Waals surface area contributed by atoms with Crippen LogP contribution in [0.25, 0.3) is 0 Å². The monoisotopic (exact) mass is 238 g/mol. The van der Waals surface area contributed by atoms with E-state index in [4.69, 9.17) is 11.6 Å². The molecule has 2 rings (SSSR count). The summed E-state index contributed by atoms with van der Waals surface area (Å²) in [6, 6.07) is 7.93. The highest BCUT2D eigenvalue weighted by Crippen LogP contribution is 2.13. The Morgan fingerprint density at radius 1 is 1.25 bits per heavy atom. The third-order valence-electron chi connectivity index (χ3n) is 2.85. The van der Waals surface area contributed by atoms with Gasteiger partial charge in [-0.3, -0.25) is 9.69 Å². The van der Waals surface area contributed by atoms with E-state index in [-0.39, 0.29) is 0 Å². The molecule has 1 aromatic carbocycles. The fourth-order valence-corrected chi connectivity index (χ4v) is 2.13. The van der Waals surface area contributed by atoms with Gasteiger partial charge in [0.05, 0.1) is 0 Å². The molecule has 0 radical (unpaired) electrons. The van der Waals surface area contributed by atoms with Gasteiger partial charge in [0.1, 0.15) is 0 Å². The second-order valence-corrected chi connectivity index (χ2v) is 4.48. The molecule has 16 heavy (non-hydrogen) atoms. The van der Waals surface area contributed by atoms with Crippen molar-refractivity contribution in [3.05, 3.63) is 34.9 Å². The summed E-state index contributed by atoms with van der Waals surface area (Å²) in [5, 5.41) is 0.782. The summed E-state index contributed by atoms with van der Waals surface area (Å²) in [6.07, 6.45) is 0.927. The van der Waals surface area contributed by atoms with Crippen LogP contribution in [0.5, 0.6) is 0 Å². The van der Waals surface area contributed by atoms with E-state index >= 15 is 0 Å². The summed E-state index contributed by atoms with van der Waals surface area (Å²) in [4.78, 5) is 14.7. The molecule has 0 N–H and O–H groups in total. The fourth-order valence-electron chi connectivity index (χ4n) is 1.92. The number of nitrogens with zero attached hydrogens (tertiary/aromatic N) is 2. The van der Waals surface area contributed by atoms with Crippen molar-refractivity contribution in [1.82, 2.24) is 9.80 Å². The van der Waals surface area contributed by atoms with Gasteiger partial charge in [-0.2, -0.15) is 0 Å². The summed E-state index contributed by atoms with van der Waals surface area (Å²) in [5.74, 6) is 0. The average Bonchev–Trinajstić information content (AvgIpc) is 2.30. The normalized spacial score (nSPS) is 17.4. The van der Waals surface area contributed by atoms with Gasteiger partial charge in [0, 0.05) is 37.7 Å². The van der Waals surface area contributed by atoms with Crippen molar-refractivity contribution in [1.29, 1.82) is 0 Å². The van der Waals surface area contributed by atoms with E-state index in [9.17, 15) is 4.79 Å². The lowest BCUT2D eigenvalue weighted by Gasteiger charge is -2.32. The number of carbonyl (C=O) groups is 1. The zero-order valence-corrected chi connectivity index (χ0v) is 9.86. The van der Waals surface area contributed by atoms with Crippen LogP contribution in [-0.4, -0.2) is 42.4 Å². The quantitative estimate of drug-likeness (QED) is 0.747. The molecule has 1 fully saturated rings. The molecule has 0 spiro atoms. The Bertz CT molecular complexity index is 362. The summed E-state index contributed by atoms with van der Waals surface area (Å²) >= 11 is 5.94. The smallest absolute Gasteiger partial charge is 0.209 e. The molecule has 0 saturated carbocycles. The number of benzene rings is 1. The first-order chi connectivity index (χ1) is 7.78. The summed E-state index contributed by atoms with van der Waals surface area (Å²) in [6.45, 7) is 4.43. The number of amides is 1. The zero-order chi connectivity index (χ0) is 11.4. The maximum atomic E-state index is 10.6. The van der Waals surface area contributed by atoms with E-state index in [1.165, 1.54) is 5.56 Å². The third kappa shape index (κ3) is 2.97. The zero-order valence-electron chi connectivity index (χ0n) is 9.10. The number of hydrogen-bond acceptors (Lipinski definition) is 2. The van der Waals surface area contributed by atoms with Crippen LogP contribution < -0.4 is 0 Å². The number of piperazine rings is 1. The lowest BCUT2D eigenvalue weighted by atomic mass is 10.2. The Morgan fingerprint density at radius 2 is 2.00 bits per heavy atom. The van der Waals surface area contributed by atoms with Gasteiger partial charge in [-0.15, -0.1) is 0 Å². The lowest BCUT2D eigenvalue weighted by molar-refractivity contribution is -0.119. The SMILES string of the molecule is O=CN1CCN(Cc2cccc(Cl)c2)CC1. The Morgan fingerprint density at radius 3 is 2.62 bits per heavy atom. The molecule has 1 saturated heterocycles. The maximum absolute atomic E-state index is 10.6. The van der Waals surface area contributed by atoms with Crippen molar-refractivity contribution in [3.63, 3.8) is 0 Å². The van der Waals surface area contributed by atoms with E-state index in [2.05, 4.69) is 11.0 Å². The molecular weight excluding hydrogens is 224 g/mol. The van der Waals surface area contributed by atoms with Crippen LogP contribution in [-0.2, 0) is 11.3 Å². The predicted octanol–water partition coefficient (Wildman–Crippen LogP) is 1.61. The number of rotatable bonds is 3. The minimum Gasteiger partial charge on any atom is -0.343 e. The molecule has 1 aliphatic heterocycles. The van der Waals surface area contributed by atoms with E-state index < -0.39 is 0 Å².